The van der Waals surface area contributed by atoms with E-state index in [1.54, 1.807) is 0 Å². The number of pyridine rings is 1. The quantitative estimate of drug-likeness (QED) is 0.513. The van der Waals surface area contributed by atoms with Crippen LogP contribution in [-0.4, -0.2) is 11.0 Å². The van der Waals surface area contributed by atoms with Crippen LogP contribution in [0.1, 0.15) is 42.7 Å². The summed E-state index contributed by atoms with van der Waals surface area (Å²) >= 11 is 0. The fourth-order valence-corrected chi connectivity index (χ4v) is 3.57. The highest BCUT2D eigenvalue weighted by Crippen LogP contribution is 2.49. The van der Waals surface area contributed by atoms with Crippen LogP contribution in [0.4, 0.5) is 0 Å². The number of esters is 1. The monoisotopic (exact) mass is 317 g/mol. The first kappa shape index (κ1) is 14.9. The third kappa shape index (κ3) is 2.78. The lowest BCUT2D eigenvalue weighted by molar-refractivity contribution is -0.131. The third-order valence-corrected chi connectivity index (χ3v) is 4.90. The summed E-state index contributed by atoms with van der Waals surface area (Å²) in [5.74, 6) is 1.41. The molecule has 3 heteroatoms. The lowest BCUT2D eigenvalue weighted by Crippen LogP contribution is -2.21. The van der Waals surface area contributed by atoms with Gasteiger partial charge in [0.15, 0.2) is 0 Å². The molecule has 24 heavy (non-hydrogen) atoms. The predicted molar refractivity (Wildman–Crippen MR) is 94.2 cm³/mol. The van der Waals surface area contributed by atoms with E-state index in [-0.39, 0.29) is 5.97 Å². The summed E-state index contributed by atoms with van der Waals surface area (Å²) in [7, 11) is 0. The van der Waals surface area contributed by atoms with Crippen LogP contribution >= 0.6 is 0 Å². The number of carbonyl (C=O) groups excluding carboxylic acids is 1. The molecule has 1 fully saturated rings. The van der Waals surface area contributed by atoms with E-state index in [1.165, 1.54) is 36.3 Å². The van der Waals surface area contributed by atoms with Crippen molar-refractivity contribution in [2.75, 3.05) is 0 Å². The maximum Gasteiger partial charge on any atom is 0.308 e. The van der Waals surface area contributed by atoms with E-state index < -0.39 is 0 Å². The molecule has 0 spiro atoms. The highest BCUT2D eigenvalue weighted by molar-refractivity contribution is 5.79. The number of carbonyl (C=O) groups is 1. The molecule has 0 bridgehead atoms. The van der Waals surface area contributed by atoms with Crippen molar-refractivity contribution in [2.24, 2.45) is 0 Å². The van der Waals surface area contributed by atoms with Crippen LogP contribution in [0.15, 0.2) is 60.8 Å². The van der Waals surface area contributed by atoms with Crippen LogP contribution in [-0.2, 0) is 4.79 Å². The van der Waals surface area contributed by atoms with E-state index >= 15 is 0 Å². The second kappa shape index (κ2) is 6.08. The zero-order chi connectivity index (χ0) is 16.5. The minimum Gasteiger partial charge on any atom is -0.427 e. The van der Waals surface area contributed by atoms with E-state index in [4.69, 9.17) is 4.74 Å². The lowest BCUT2D eigenvalue weighted by atomic mass is 9.67. The van der Waals surface area contributed by atoms with Gasteiger partial charge in [-0.1, -0.05) is 24.3 Å². The molecule has 120 valence electrons. The first-order valence-corrected chi connectivity index (χ1v) is 8.34. The minimum absolute atomic E-state index is 0.283. The molecule has 2 aromatic carbocycles. The zero-order valence-electron chi connectivity index (χ0n) is 13.6. The summed E-state index contributed by atoms with van der Waals surface area (Å²) in [6.07, 6.45) is 4.24. The van der Waals surface area contributed by atoms with Crippen LogP contribution in [0.2, 0.25) is 0 Å². The van der Waals surface area contributed by atoms with Gasteiger partial charge in [0, 0.05) is 18.5 Å². The first-order chi connectivity index (χ1) is 11.7. The third-order valence-electron chi connectivity index (χ3n) is 4.90. The summed E-state index contributed by atoms with van der Waals surface area (Å²) in [6, 6.07) is 18.6. The molecule has 2 unspecified atom stereocenters. The summed E-state index contributed by atoms with van der Waals surface area (Å²) in [6.45, 7) is 1.42. The Balaban J connectivity index is 1.57. The van der Waals surface area contributed by atoms with E-state index in [0.29, 0.717) is 17.6 Å². The predicted octanol–water partition coefficient (Wildman–Crippen LogP) is 4.82. The van der Waals surface area contributed by atoms with Gasteiger partial charge < -0.3 is 4.74 Å². The Morgan fingerprint density at radius 3 is 2.42 bits per heavy atom. The van der Waals surface area contributed by atoms with Gasteiger partial charge in [-0.25, -0.2) is 0 Å². The number of fused-ring (bicyclic) bond motifs is 1. The standard InChI is InChI=1S/C21H19NO2/c1-14(23)24-18-7-4-15(5-8-18)19-9-10-20(19)16-6-11-21-17(13-16)3-2-12-22-21/h2-8,11-13,19-20H,9-10H2,1H3. The number of ether oxygens (including phenoxy) is 1. The maximum atomic E-state index is 11.0. The van der Waals surface area contributed by atoms with Gasteiger partial charge in [-0.05, 0) is 66.1 Å². The molecule has 0 saturated heterocycles. The van der Waals surface area contributed by atoms with E-state index in [9.17, 15) is 4.79 Å². The smallest absolute Gasteiger partial charge is 0.308 e. The Hall–Kier alpha value is -2.68. The lowest BCUT2D eigenvalue weighted by Gasteiger charge is -2.37. The summed E-state index contributed by atoms with van der Waals surface area (Å²) in [4.78, 5) is 15.4. The largest absolute Gasteiger partial charge is 0.427 e. The highest BCUT2D eigenvalue weighted by Gasteiger charge is 2.33. The van der Waals surface area contributed by atoms with Crippen LogP contribution in [0.3, 0.4) is 0 Å². The normalized spacial score (nSPS) is 19.7. The van der Waals surface area contributed by atoms with Crippen molar-refractivity contribution in [2.45, 2.75) is 31.6 Å². The van der Waals surface area contributed by atoms with Gasteiger partial charge >= 0.3 is 5.97 Å². The van der Waals surface area contributed by atoms with Crippen molar-refractivity contribution < 1.29 is 9.53 Å². The minimum atomic E-state index is -0.283. The molecule has 3 aromatic rings. The van der Waals surface area contributed by atoms with Crippen LogP contribution in [0.25, 0.3) is 10.9 Å². The SMILES string of the molecule is CC(=O)Oc1ccc(C2CCC2c2ccc3ncccc3c2)cc1. The van der Waals surface area contributed by atoms with Crippen molar-refractivity contribution in [3.63, 3.8) is 0 Å². The molecule has 1 saturated carbocycles. The molecule has 0 N–H and O–H groups in total. The molecular formula is C21H19NO2. The van der Waals surface area contributed by atoms with E-state index in [1.807, 2.05) is 24.4 Å². The summed E-state index contributed by atoms with van der Waals surface area (Å²) in [5.41, 5.74) is 3.74. The summed E-state index contributed by atoms with van der Waals surface area (Å²) < 4.78 is 5.11. The summed E-state index contributed by atoms with van der Waals surface area (Å²) in [5, 5.41) is 1.20. The molecular weight excluding hydrogens is 298 g/mol. The first-order valence-electron chi connectivity index (χ1n) is 8.34. The van der Waals surface area contributed by atoms with Crippen LogP contribution in [0.5, 0.6) is 5.75 Å². The van der Waals surface area contributed by atoms with Crippen molar-refractivity contribution in [1.29, 1.82) is 0 Å². The Kier molecular flexibility index (Phi) is 3.77. The second-order valence-electron chi connectivity index (χ2n) is 6.41. The Bertz CT molecular complexity index is 886. The number of rotatable bonds is 3. The fraction of sp³-hybridized carbons (Fsp3) is 0.238. The number of hydrogen-bond donors (Lipinski definition) is 0. The highest BCUT2D eigenvalue weighted by atomic mass is 16.5. The molecule has 0 radical (unpaired) electrons. The second-order valence-corrected chi connectivity index (χ2v) is 6.41. The number of nitrogens with zero attached hydrogens (tertiary/aromatic N) is 1. The molecule has 3 nitrogen and oxygen atoms in total. The maximum absolute atomic E-state index is 11.0. The Morgan fingerprint density at radius 1 is 1.00 bits per heavy atom. The molecule has 1 heterocycles. The van der Waals surface area contributed by atoms with Gasteiger partial charge in [-0.15, -0.1) is 0 Å². The molecule has 1 aliphatic rings. The molecule has 2 atom stereocenters. The zero-order valence-corrected chi connectivity index (χ0v) is 13.6. The van der Waals surface area contributed by atoms with E-state index in [0.717, 1.165) is 5.52 Å². The molecule has 0 aliphatic heterocycles. The topological polar surface area (TPSA) is 39.2 Å². The van der Waals surface area contributed by atoms with Crippen molar-refractivity contribution >= 4 is 16.9 Å². The van der Waals surface area contributed by atoms with Crippen LogP contribution < -0.4 is 4.74 Å². The molecule has 4 rings (SSSR count). The van der Waals surface area contributed by atoms with Gasteiger partial charge in [-0.2, -0.15) is 0 Å². The van der Waals surface area contributed by atoms with Crippen molar-refractivity contribution in [3.8, 4) is 5.75 Å². The van der Waals surface area contributed by atoms with Gasteiger partial charge in [-0.3, -0.25) is 9.78 Å². The van der Waals surface area contributed by atoms with Crippen LogP contribution in [0, 0.1) is 0 Å². The van der Waals surface area contributed by atoms with Crippen molar-refractivity contribution in [1.82, 2.24) is 4.98 Å². The average Bonchev–Trinajstić information content (AvgIpc) is 2.55. The van der Waals surface area contributed by atoms with Gasteiger partial charge in [0.1, 0.15) is 5.75 Å². The Morgan fingerprint density at radius 2 is 1.71 bits per heavy atom. The van der Waals surface area contributed by atoms with Gasteiger partial charge in [0.2, 0.25) is 0 Å². The van der Waals surface area contributed by atoms with E-state index in [2.05, 4.69) is 41.4 Å². The Labute approximate surface area is 141 Å². The number of benzene rings is 2. The molecule has 1 aliphatic carbocycles. The molecule has 0 amide bonds. The van der Waals surface area contributed by atoms with Gasteiger partial charge in [0.05, 0.1) is 5.52 Å². The van der Waals surface area contributed by atoms with Crippen molar-refractivity contribution in [3.05, 3.63) is 71.9 Å². The molecule has 1 aromatic heterocycles. The number of aromatic nitrogens is 1. The van der Waals surface area contributed by atoms with Gasteiger partial charge in [0.25, 0.3) is 0 Å². The number of hydrogen-bond acceptors (Lipinski definition) is 3. The fourth-order valence-electron chi connectivity index (χ4n) is 3.57. The average molecular weight is 317 g/mol.